The third kappa shape index (κ3) is 4.69. The number of ether oxygens (including phenoxy) is 2. The van der Waals surface area contributed by atoms with E-state index < -0.39 is 0 Å². The van der Waals surface area contributed by atoms with Crippen molar-refractivity contribution >= 4 is 6.29 Å². The summed E-state index contributed by atoms with van der Waals surface area (Å²) in [6.45, 7) is 4.85. The molecule has 0 aliphatic carbocycles. The van der Waals surface area contributed by atoms with Gasteiger partial charge in [-0.1, -0.05) is 60.7 Å². The molecular formula is C27H25NO3. The van der Waals surface area contributed by atoms with Crippen molar-refractivity contribution in [3.05, 3.63) is 107 Å². The number of carbonyl (C=O) groups is 1. The van der Waals surface area contributed by atoms with E-state index in [1.54, 1.807) is 0 Å². The van der Waals surface area contributed by atoms with Gasteiger partial charge in [0.2, 0.25) is 0 Å². The number of H-pyrrole nitrogens is 1. The lowest BCUT2D eigenvalue weighted by atomic mass is 10.00. The second-order valence-electron chi connectivity index (χ2n) is 7.49. The fourth-order valence-electron chi connectivity index (χ4n) is 3.69. The van der Waals surface area contributed by atoms with Crippen LogP contribution in [0.15, 0.2) is 78.9 Å². The first kappa shape index (κ1) is 20.5. The number of hydrogen-bond donors (Lipinski definition) is 1. The Balaban J connectivity index is 1.67. The van der Waals surface area contributed by atoms with Gasteiger partial charge in [0.1, 0.15) is 24.7 Å². The minimum Gasteiger partial charge on any atom is -0.489 e. The Kier molecular flexibility index (Phi) is 6.18. The van der Waals surface area contributed by atoms with Crippen LogP contribution in [0.2, 0.25) is 0 Å². The van der Waals surface area contributed by atoms with Crippen molar-refractivity contribution in [2.24, 2.45) is 0 Å². The maximum Gasteiger partial charge on any atom is 0.166 e. The molecule has 3 aromatic carbocycles. The summed E-state index contributed by atoms with van der Waals surface area (Å²) in [5.74, 6) is 1.50. The molecule has 0 saturated heterocycles. The molecule has 156 valence electrons. The van der Waals surface area contributed by atoms with Crippen LogP contribution in [0, 0.1) is 13.8 Å². The number of aldehydes is 1. The zero-order valence-corrected chi connectivity index (χ0v) is 17.7. The lowest BCUT2D eigenvalue weighted by molar-refractivity contribution is 0.111. The number of carbonyl (C=O) groups excluding carboxylic acids is 1. The van der Waals surface area contributed by atoms with E-state index in [0.29, 0.717) is 18.9 Å². The van der Waals surface area contributed by atoms with Gasteiger partial charge in [-0.2, -0.15) is 0 Å². The molecule has 4 nitrogen and oxygen atoms in total. The van der Waals surface area contributed by atoms with Gasteiger partial charge in [0.05, 0.1) is 5.69 Å². The highest BCUT2D eigenvalue weighted by molar-refractivity contribution is 5.85. The van der Waals surface area contributed by atoms with Crippen LogP contribution in [-0.2, 0) is 13.2 Å². The van der Waals surface area contributed by atoms with Gasteiger partial charge in [0, 0.05) is 16.8 Å². The Hall–Kier alpha value is -3.79. The predicted molar refractivity (Wildman–Crippen MR) is 123 cm³/mol. The summed E-state index contributed by atoms with van der Waals surface area (Å²) in [6, 6.07) is 26.0. The number of benzene rings is 3. The van der Waals surface area contributed by atoms with Crippen molar-refractivity contribution in [1.82, 2.24) is 4.98 Å². The Morgan fingerprint density at radius 1 is 0.806 bits per heavy atom. The average Bonchev–Trinajstić information content (AvgIpc) is 3.10. The lowest BCUT2D eigenvalue weighted by Gasteiger charge is -2.15. The average molecular weight is 412 g/mol. The number of aromatic amines is 1. The molecule has 4 rings (SSSR count). The van der Waals surface area contributed by atoms with Crippen LogP contribution in [-0.4, -0.2) is 11.3 Å². The quantitative estimate of drug-likeness (QED) is 0.348. The highest BCUT2D eigenvalue weighted by atomic mass is 16.5. The zero-order chi connectivity index (χ0) is 21.6. The van der Waals surface area contributed by atoms with Crippen LogP contribution in [0.25, 0.3) is 11.1 Å². The molecule has 4 heteroatoms. The standard InChI is InChI=1S/C27H25NO3/c1-19-25(16-29)28-20(2)27(19)24-15-23(30-17-21-9-5-3-6-10-21)13-14-26(24)31-18-22-11-7-4-8-12-22/h3-16,28H,17-18H2,1-2H3. The second kappa shape index (κ2) is 9.35. The van der Waals surface area contributed by atoms with E-state index in [-0.39, 0.29) is 0 Å². The molecule has 4 aromatic rings. The number of aryl methyl sites for hydroxylation is 1. The maximum atomic E-state index is 11.5. The molecule has 0 aliphatic heterocycles. The fraction of sp³-hybridized carbons (Fsp3) is 0.148. The fourth-order valence-corrected chi connectivity index (χ4v) is 3.69. The summed E-state index contributed by atoms with van der Waals surface area (Å²) in [6.07, 6.45) is 0.853. The molecule has 1 heterocycles. The van der Waals surface area contributed by atoms with Gasteiger partial charge in [0.15, 0.2) is 6.29 Å². The lowest BCUT2D eigenvalue weighted by Crippen LogP contribution is -1.99. The van der Waals surface area contributed by atoms with E-state index in [9.17, 15) is 4.79 Å². The first-order valence-electron chi connectivity index (χ1n) is 10.3. The second-order valence-corrected chi connectivity index (χ2v) is 7.49. The Morgan fingerprint density at radius 2 is 1.42 bits per heavy atom. The molecule has 1 N–H and O–H groups in total. The first-order valence-corrected chi connectivity index (χ1v) is 10.3. The smallest absolute Gasteiger partial charge is 0.166 e. The van der Waals surface area contributed by atoms with E-state index in [0.717, 1.165) is 51.3 Å². The van der Waals surface area contributed by atoms with Gasteiger partial charge in [-0.15, -0.1) is 0 Å². The van der Waals surface area contributed by atoms with E-state index in [1.807, 2.05) is 92.7 Å². The van der Waals surface area contributed by atoms with E-state index in [1.165, 1.54) is 0 Å². The minimum absolute atomic E-state index is 0.459. The van der Waals surface area contributed by atoms with Crippen molar-refractivity contribution in [3.8, 4) is 22.6 Å². The molecule has 0 fully saturated rings. The summed E-state index contributed by atoms with van der Waals surface area (Å²) in [5.41, 5.74) is 6.47. The SMILES string of the molecule is Cc1[nH]c(C=O)c(C)c1-c1cc(OCc2ccccc2)ccc1OCc1ccccc1. The Morgan fingerprint density at radius 3 is 2.00 bits per heavy atom. The van der Waals surface area contributed by atoms with E-state index in [2.05, 4.69) is 4.98 Å². The summed E-state index contributed by atoms with van der Waals surface area (Å²) in [4.78, 5) is 14.6. The van der Waals surface area contributed by atoms with Gasteiger partial charge in [-0.05, 0) is 48.7 Å². The molecule has 0 spiro atoms. The molecule has 0 atom stereocenters. The van der Waals surface area contributed by atoms with Crippen LogP contribution < -0.4 is 9.47 Å². The topological polar surface area (TPSA) is 51.3 Å². The van der Waals surface area contributed by atoms with Crippen LogP contribution in [0.1, 0.15) is 32.9 Å². The van der Waals surface area contributed by atoms with E-state index in [4.69, 9.17) is 9.47 Å². The van der Waals surface area contributed by atoms with Crippen molar-refractivity contribution < 1.29 is 14.3 Å². The molecule has 0 aliphatic rings. The third-order valence-corrected chi connectivity index (χ3v) is 5.30. The summed E-state index contributed by atoms with van der Waals surface area (Å²) < 4.78 is 12.2. The van der Waals surface area contributed by atoms with Crippen LogP contribution in [0.4, 0.5) is 0 Å². The largest absolute Gasteiger partial charge is 0.489 e. The maximum absolute atomic E-state index is 11.5. The predicted octanol–water partition coefficient (Wildman–Crippen LogP) is 6.27. The van der Waals surface area contributed by atoms with Crippen molar-refractivity contribution in [2.45, 2.75) is 27.1 Å². The number of nitrogens with one attached hydrogen (secondary N) is 1. The normalized spacial score (nSPS) is 10.6. The van der Waals surface area contributed by atoms with Gasteiger partial charge in [-0.25, -0.2) is 0 Å². The van der Waals surface area contributed by atoms with E-state index >= 15 is 0 Å². The highest BCUT2D eigenvalue weighted by Gasteiger charge is 2.18. The van der Waals surface area contributed by atoms with Crippen LogP contribution in [0.3, 0.4) is 0 Å². The molecule has 0 saturated carbocycles. The molecule has 1 aromatic heterocycles. The van der Waals surface area contributed by atoms with Gasteiger partial charge in [-0.3, -0.25) is 4.79 Å². The summed E-state index contributed by atoms with van der Waals surface area (Å²) in [5, 5.41) is 0. The summed E-state index contributed by atoms with van der Waals surface area (Å²) >= 11 is 0. The Bertz CT molecular complexity index is 1160. The Labute approximate surface area is 182 Å². The molecule has 0 amide bonds. The third-order valence-electron chi connectivity index (χ3n) is 5.30. The monoisotopic (exact) mass is 411 g/mol. The first-order chi connectivity index (χ1) is 15.2. The highest BCUT2D eigenvalue weighted by Crippen LogP contribution is 2.38. The van der Waals surface area contributed by atoms with Gasteiger partial charge < -0.3 is 14.5 Å². The summed E-state index contributed by atoms with van der Waals surface area (Å²) in [7, 11) is 0. The van der Waals surface area contributed by atoms with Gasteiger partial charge in [0.25, 0.3) is 0 Å². The number of aromatic nitrogens is 1. The van der Waals surface area contributed by atoms with Crippen molar-refractivity contribution in [3.63, 3.8) is 0 Å². The zero-order valence-electron chi connectivity index (χ0n) is 17.7. The van der Waals surface area contributed by atoms with Crippen LogP contribution in [0.5, 0.6) is 11.5 Å². The van der Waals surface area contributed by atoms with Crippen molar-refractivity contribution in [1.29, 1.82) is 0 Å². The molecular weight excluding hydrogens is 386 g/mol. The molecule has 0 radical (unpaired) electrons. The van der Waals surface area contributed by atoms with Crippen molar-refractivity contribution in [2.75, 3.05) is 0 Å². The number of rotatable bonds is 8. The molecule has 31 heavy (non-hydrogen) atoms. The minimum atomic E-state index is 0.459. The molecule has 0 bridgehead atoms. The van der Waals surface area contributed by atoms with Gasteiger partial charge >= 0.3 is 0 Å². The van der Waals surface area contributed by atoms with Crippen LogP contribution >= 0.6 is 0 Å². The number of hydrogen-bond acceptors (Lipinski definition) is 3. The molecule has 0 unspecified atom stereocenters.